The molecular formula is C10H14N4OS. The summed E-state index contributed by atoms with van der Waals surface area (Å²) in [6.45, 7) is 3.95. The van der Waals surface area contributed by atoms with E-state index in [1.807, 2.05) is 19.2 Å². The minimum absolute atomic E-state index is 0.167. The monoisotopic (exact) mass is 238 g/mol. The summed E-state index contributed by atoms with van der Waals surface area (Å²) in [5.74, 6) is 1.15. The largest absolute Gasteiger partial charge is 0.338 e. The summed E-state index contributed by atoms with van der Waals surface area (Å²) in [7, 11) is 0. The molecule has 0 amide bonds. The summed E-state index contributed by atoms with van der Waals surface area (Å²) in [4.78, 5) is 8.60. The van der Waals surface area contributed by atoms with Crippen molar-refractivity contribution >= 4 is 11.3 Å². The van der Waals surface area contributed by atoms with Gasteiger partial charge < -0.3 is 10.3 Å². The second-order valence-electron chi connectivity index (χ2n) is 3.62. The van der Waals surface area contributed by atoms with E-state index in [9.17, 15) is 0 Å². The lowest BCUT2D eigenvalue weighted by molar-refractivity contribution is 0.348. The third-order valence-electron chi connectivity index (χ3n) is 2.22. The molecule has 0 saturated carbocycles. The highest BCUT2D eigenvalue weighted by Crippen LogP contribution is 2.15. The van der Waals surface area contributed by atoms with Crippen molar-refractivity contribution in [1.29, 1.82) is 0 Å². The number of thiazole rings is 1. The van der Waals surface area contributed by atoms with Crippen molar-refractivity contribution in [1.82, 2.24) is 15.1 Å². The molecule has 0 aliphatic heterocycles. The highest BCUT2D eigenvalue weighted by Gasteiger charge is 2.13. The molecule has 2 N–H and O–H groups in total. The van der Waals surface area contributed by atoms with Gasteiger partial charge in [-0.15, -0.1) is 11.3 Å². The Morgan fingerprint density at radius 1 is 1.50 bits per heavy atom. The van der Waals surface area contributed by atoms with E-state index in [0.717, 1.165) is 17.1 Å². The van der Waals surface area contributed by atoms with Crippen LogP contribution in [0.15, 0.2) is 9.90 Å². The van der Waals surface area contributed by atoms with Gasteiger partial charge in [0.15, 0.2) is 5.82 Å². The SMILES string of the molecule is CC[C@H](N)c1nc(Cc2nc(C)cs2)no1. The first-order valence-corrected chi connectivity index (χ1v) is 6.06. The molecule has 0 aliphatic rings. The minimum Gasteiger partial charge on any atom is -0.338 e. The average molecular weight is 238 g/mol. The molecule has 0 radical (unpaired) electrons. The van der Waals surface area contributed by atoms with Gasteiger partial charge >= 0.3 is 0 Å². The van der Waals surface area contributed by atoms with Crippen LogP contribution in [0.1, 0.15) is 41.8 Å². The third-order valence-corrected chi connectivity index (χ3v) is 3.18. The second-order valence-corrected chi connectivity index (χ2v) is 4.57. The maximum atomic E-state index is 5.80. The first-order valence-electron chi connectivity index (χ1n) is 5.18. The van der Waals surface area contributed by atoms with Crippen molar-refractivity contribution in [3.05, 3.63) is 27.8 Å². The van der Waals surface area contributed by atoms with Crippen LogP contribution in [-0.2, 0) is 6.42 Å². The molecule has 6 heteroatoms. The van der Waals surface area contributed by atoms with Crippen LogP contribution in [-0.4, -0.2) is 15.1 Å². The number of rotatable bonds is 4. The number of nitrogens with two attached hydrogens (primary N) is 1. The molecule has 2 aromatic heterocycles. The number of nitrogens with zero attached hydrogens (tertiary/aromatic N) is 3. The molecule has 0 aromatic carbocycles. The van der Waals surface area contributed by atoms with Crippen molar-refractivity contribution in [3.8, 4) is 0 Å². The van der Waals surface area contributed by atoms with Crippen LogP contribution in [0.4, 0.5) is 0 Å². The molecule has 0 aliphatic carbocycles. The first-order chi connectivity index (χ1) is 7.69. The maximum absolute atomic E-state index is 5.80. The van der Waals surface area contributed by atoms with E-state index in [1.54, 1.807) is 11.3 Å². The van der Waals surface area contributed by atoms with Crippen molar-refractivity contribution in [2.45, 2.75) is 32.7 Å². The van der Waals surface area contributed by atoms with Gasteiger partial charge in [0.25, 0.3) is 0 Å². The fourth-order valence-corrected chi connectivity index (χ4v) is 2.05. The molecule has 2 heterocycles. The van der Waals surface area contributed by atoms with Gasteiger partial charge in [-0.3, -0.25) is 0 Å². The van der Waals surface area contributed by atoms with Crippen LogP contribution in [0.3, 0.4) is 0 Å². The van der Waals surface area contributed by atoms with Crippen molar-refractivity contribution < 1.29 is 4.52 Å². The van der Waals surface area contributed by atoms with Gasteiger partial charge in [0.05, 0.1) is 12.5 Å². The molecule has 0 saturated heterocycles. The summed E-state index contributed by atoms with van der Waals surface area (Å²) in [6.07, 6.45) is 1.40. The lowest BCUT2D eigenvalue weighted by atomic mass is 10.2. The van der Waals surface area contributed by atoms with E-state index in [4.69, 9.17) is 10.3 Å². The predicted octanol–water partition coefficient (Wildman–Crippen LogP) is 1.84. The van der Waals surface area contributed by atoms with E-state index < -0.39 is 0 Å². The molecule has 86 valence electrons. The Labute approximate surface area is 97.7 Å². The molecule has 0 unspecified atom stereocenters. The fraction of sp³-hybridized carbons (Fsp3) is 0.500. The smallest absolute Gasteiger partial charge is 0.243 e. The summed E-state index contributed by atoms with van der Waals surface area (Å²) < 4.78 is 5.09. The summed E-state index contributed by atoms with van der Waals surface area (Å²) in [6, 6.07) is -0.167. The van der Waals surface area contributed by atoms with E-state index in [1.165, 1.54) is 0 Å². The van der Waals surface area contributed by atoms with E-state index in [0.29, 0.717) is 18.1 Å². The topological polar surface area (TPSA) is 77.8 Å². The average Bonchev–Trinajstić information content (AvgIpc) is 2.87. The van der Waals surface area contributed by atoms with Crippen LogP contribution >= 0.6 is 11.3 Å². The van der Waals surface area contributed by atoms with Crippen LogP contribution in [0.2, 0.25) is 0 Å². The zero-order valence-corrected chi connectivity index (χ0v) is 10.1. The normalized spacial score (nSPS) is 12.9. The Kier molecular flexibility index (Phi) is 3.31. The standard InChI is InChI=1S/C10H14N4OS/c1-3-7(11)10-13-8(14-15-10)4-9-12-6(2)5-16-9/h5,7H,3-4,11H2,1-2H3/t7-/m0/s1. The van der Waals surface area contributed by atoms with Gasteiger partial charge in [-0.05, 0) is 13.3 Å². The second kappa shape index (κ2) is 4.71. The van der Waals surface area contributed by atoms with Crippen LogP contribution in [0.25, 0.3) is 0 Å². The molecular weight excluding hydrogens is 224 g/mol. The van der Waals surface area contributed by atoms with Gasteiger partial charge in [-0.2, -0.15) is 4.98 Å². The molecule has 5 nitrogen and oxygen atoms in total. The fourth-order valence-electron chi connectivity index (χ4n) is 1.28. The van der Waals surface area contributed by atoms with Gasteiger partial charge in [0, 0.05) is 11.1 Å². The maximum Gasteiger partial charge on any atom is 0.243 e. The number of hydrogen-bond donors (Lipinski definition) is 1. The minimum atomic E-state index is -0.167. The number of aromatic nitrogens is 3. The number of hydrogen-bond acceptors (Lipinski definition) is 6. The highest BCUT2D eigenvalue weighted by molar-refractivity contribution is 7.09. The Bertz CT molecular complexity index is 465. The summed E-state index contributed by atoms with van der Waals surface area (Å²) in [5.41, 5.74) is 6.82. The van der Waals surface area contributed by atoms with Crippen molar-refractivity contribution in [2.24, 2.45) is 5.73 Å². The molecule has 0 spiro atoms. The predicted molar refractivity (Wildman–Crippen MR) is 61.2 cm³/mol. The zero-order chi connectivity index (χ0) is 11.5. The summed E-state index contributed by atoms with van der Waals surface area (Å²) >= 11 is 1.60. The Balaban J connectivity index is 2.08. The van der Waals surface area contributed by atoms with E-state index in [2.05, 4.69) is 15.1 Å². The molecule has 0 fully saturated rings. The molecule has 1 atom stereocenters. The first kappa shape index (κ1) is 11.2. The summed E-state index contributed by atoms with van der Waals surface area (Å²) in [5, 5.41) is 6.89. The quantitative estimate of drug-likeness (QED) is 0.879. The van der Waals surface area contributed by atoms with Gasteiger partial charge in [-0.1, -0.05) is 12.1 Å². The Morgan fingerprint density at radius 3 is 2.94 bits per heavy atom. The molecule has 2 rings (SSSR count). The molecule has 2 aromatic rings. The Hall–Kier alpha value is -1.27. The third kappa shape index (κ3) is 2.45. The zero-order valence-electron chi connectivity index (χ0n) is 9.30. The highest BCUT2D eigenvalue weighted by atomic mass is 32.1. The Morgan fingerprint density at radius 2 is 2.31 bits per heavy atom. The van der Waals surface area contributed by atoms with Crippen LogP contribution < -0.4 is 5.73 Å². The van der Waals surface area contributed by atoms with Crippen LogP contribution in [0, 0.1) is 6.92 Å². The van der Waals surface area contributed by atoms with Crippen LogP contribution in [0.5, 0.6) is 0 Å². The van der Waals surface area contributed by atoms with E-state index in [-0.39, 0.29) is 6.04 Å². The lowest BCUT2D eigenvalue weighted by Gasteiger charge is -1.98. The van der Waals surface area contributed by atoms with Gasteiger partial charge in [-0.25, -0.2) is 4.98 Å². The lowest BCUT2D eigenvalue weighted by Crippen LogP contribution is -2.08. The number of aryl methyl sites for hydroxylation is 1. The van der Waals surface area contributed by atoms with Gasteiger partial charge in [0.2, 0.25) is 5.89 Å². The van der Waals surface area contributed by atoms with Gasteiger partial charge in [0.1, 0.15) is 5.01 Å². The van der Waals surface area contributed by atoms with Crippen molar-refractivity contribution in [3.63, 3.8) is 0 Å². The van der Waals surface area contributed by atoms with Crippen molar-refractivity contribution in [2.75, 3.05) is 0 Å². The van der Waals surface area contributed by atoms with E-state index >= 15 is 0 Å². The molecule has 16 heavy (non-hydrogen) atoms. The molecule has 0 bridgehead atoms.